The van der Waals surface area contributed by atoms with Gasteiger partial charge in [0.05, 0.1) is 17.5 Å². The molecule has 1 aliphatic rings. The SMILES string of the molecule is CN(C)CCNC(=O)c1ccccc1N1CCN(C(=O)CNC(=O)c2cc(=O)c3cc(O)ccc3o2)CC1.Cc1ccc(Cl)cc1. The van der Waals surface area contributed by atoms with Crippen LogP contribution in [0.2, 0.25) is 5.02 Å². The fraction of sp³-hybridized carbons (Fsp3) is 0.294. The van der Waals surface area contributed by atoms with E-state index < -0.39 is 11.3 Å². The fourth-order valence-corrected chi connectivity index (χ4v) is 4.90. The smallest absolute Gasteiger partial charge is 0.287 e. The minimum atomic E-state index is -0.682. The average molecular weight is 648 g/mol. The van der Waals surface area contributed by atoms with Gasteiger partial charge in [-0.25, -0.2) is 0 Å². The van der Waals surface area contributed by atoms with E-state index in [0.717, 1.165) is 23.3 Å². The van der Waals surface area contributed by atoms with Crippen LogP contribution in [0.25, 0.3) is 11.0 Å². The zero-order valence-corrected chi connectivity index (χ0v) is 26.8. The summed E-state index contributed by atoms with van der Waals surface area (Å²) in [6, 6.07) is 20.2. The maximum Gasteiger partial charge on any atom is 0.287 e. The Bertz CT molecular complexity index is 1710. The van der Waals surface area contributed by atoms with Crippen LogP contribution in [-0.2, 0) is 4.79 Å². The highest BCUT2D eigenvalue weighted by Gasteiger charge is 2.24. The molecule has 1 aliphatic heterocycles. The minimum Gasteiger partial charge on any atom is -0.508 e. The monoisotopic (exact) mass is 647 g/mol. The van der Waals surface area contributed by atoms with Crippen molar-refractivity contribution in [3.8, 4) is 5.75 Å². The molecule has 1 fully saturated rings. The summed E-state index contributed by atoms with van der Waals surface area (Å²) in [5.74, 6) is -1.38. The van der Waals surface area contributed by atoms with Crippen LogP contribution in [0.1, 0.15) is 26.5 Å². The van der Waals surface area contributed by atoms with Crippen molar-refractivity contribution in [3.05, 3.63) is 105 Å². The van der Waals surface area contributed by atoms with E-state index in [9.17, 15) is 24.3 Å². The van der Waals surface area contributed by atoms with E-state index in [1.54, 1.807) is 11.0 Å². The molecule has 0 unspecified atom stereocenters. The topological polar surface area (TPSA) is 135 Å². The summed E-state index contributed by atoms with van der Waals surface area (Å²) in [5, 5.41) is 16.0. The van der Waals surface area contributed by atoms with Gasteiger partial charge in [0.25, 0.3) is 11.8 Å². The Kier molecular flexibility index (Phi) is 11.8. The number of carbonyl (C=O) groups is 3. The average Bonchev–Trinajstić information content (AvgIpc) is 3.05. The van der Waals surface area contributed by atoms with Gasteiger partial charge in [-0.3, -0.25) is 19.2 Å². The van der Waals surface area contributed by atoms with Crippen molar-refractivity contribution in [2.24, 2.45) is 0 Å². The predicted octanol–water partition coefficient (Wildman–Crippen LogP) is 3.52. The molecular formula is C34H38ClN5O6. The summed E-state index contributed by atoms with van der Waals surface area (Å²) in [4.78, 5) is 56.0. The number of para-hydroxylation sites is 1. The summed E-state index contributed by atoms with van der Waals surface area (Å²) in [6.07, 6.45) is 0. The number of likely N-dealkylation sites (N-methyl/N-ethyl adjacent to an activating group) is 1. The molecule has 5 rings (SSSR count). The number of halogens is 1. The minimum absolute atomic E-state index is 0.0838. The number of rotatable bonds is 8. The zero-order chi connectivity index (χ0) is 33.2. The molecular weight excluding hydrogens is 610 g/mol. The quantitative estimate of drug-likeness (QED) is 0.265. The highest BCUT2D eigenvalue weighted by atomic mass is 35.5. The van der Waals surface area contributed by atoms with Crippen LogP contribution in [0.4, 0.5) is 5.69 Å². The van der Waals surface area contributed by atoms with Crippen molar-refractivity contribution in [2.45, 2.75) is 6.92 Å². The van der Waals surface area contributed by atoms with Crippen molar-refractivity contribution in [1.29, 1.82) is 0 Å². The molecule has 1 aromatic heterocycles. The van der Waals surface area contributed by atoms with E-state index in [1.807, 2.05) is 68.4 Å². The van der Waals surface area contributed by atoms with Crippen LogP contribution >= 0.6 is 11.6 Å². The molecule has 0 spiro atoms. The predicted molar refractivity (Wildman–Crippen MR) is 179 cm³/mol. The molecule has 0 atom stereocenters. The lowest BCUT2D eigenvalue weighted by molar-refractivity contribution is -0.130. The van der Waals surface area contributed by atoms with Crippen LogP contribution in [0.5, 0.6) is 5.75 Å². The number of hydrogen-bond acceptors (Lipinski definition) is 8. The molecule has 0 saturated carbocycles. The van der Waals surface area contributed by atoms with Gasteiger partial charge in [-0.1, -0.05) is 41.4 Å². The van der Waals surface area contributed by atoms with Crippen molar-refractivity contribution < 1.29 is 23.9 Å². The Balaban J connectivity index is 0.000000523. The van der Waals surface area contributed by atoms with Gasteiger partial charge in [-0.05, 0) is 63.5 Å². The maximum absolute atomic E-state index is 12.7. The van der Waals surface area contributed by atoms with Crippen LogP contribution in [0.3, 0.4) is 0 Å². The largest absolute Gasteiger partial charge is 0.508 e. The van der Waals surface area contributed by atoms with E-state index in [-0.39, 0.29) is 40.8 Å². The first-order valence-electron chi connectivity index (χ1n) is 14.8. The summed E-state index contributed by atoms with van der Waals surface area (Å²) in [6.45, 7) is 5.00. The molecule has 4 aromatic rings. The first-order valence-corrected chi connectivity index (χ1v) is 15.2. The number of hydrogen-bond donors (Lipinski definition) is 3. The number of aryl methyl sites for hydroxylation is 1. The Hall–Kier alpha value is -4.87. The lowest BCUT2D eigenvalue weighted by Gasteiger charge is -2.37. The van der Waals surface area contributed by atoms with Gasteiger partial charge < -0.3 is 34.9 Å². The second-order valence-electron chi connectivity index (χ2n) is 11.1. The van der Waals surface area contributed by atoms with Gasteiger partial charge in [0.1, 0.15) is 11.3 Å². The number of amides is 3. The third kappa shape index (κ3) is 9.32. The first-order chi connectivity index (χ1) is 22.0. The van der Waals surface area contributed by atoms with Gasteiger partial charge in [0.2, 0.25) is 5.91 Å². The normalized spacial score (nSPS) is 12.8. The Morgan fingerprint density at radius 3 is 2.28 bits per heavy atom. The number of fused-ring (bicyclic) bond motifs is 1. The van der Waals surface area contributed by atoms with Crippen LogP contribution < -0.4 is 21.0 Å². The number of piperazine rings is 1. The molecule has 0 bridgehead atoms. The highest BCUT2D eigenvalue weighted by molar-refractivity contribution is 6.30. The maximum atomic E-state index is 12.7. The summed E-state index contributed by atoms with van der Waals surface area (Å²) in [7, 11) is 3.89. The Morgan fingerprint density at radius 2 is 1.61 bits per heavy atom. The van der Waals surface area contributed by atoms with E-state index in [1.165, 1.54) is 23.8 Å². The third-order valence-electron chi connectivity index (χ3n) is 7.31. The molecule has 0 radical (unpaired) electrons. The molecule has 1 saturated heterocycles. The highest BCUT2D eigenvalue weighted by Crippen LogP contribution is 2.22. The van der Waals surface area contributed by atoms with E-state index in [2.05, 4.69) is 15.5 Å². The molecule has 3 N–H and O–H groups in total. The summed E-state index contributed by atoms with van der Waals surface area (Å²) < 4.78 is 5.48. The number of phenolic OH excluding ortho intramolecular Hbond substituents is 1. The van der Waals surface area contributed by atoms with Crippen molar-refractivity contribution >= 4 is 46.0 Å². The summed E-state index contributed by atoms with van der Waals surface area (Å²) >= 11 is 5.61. The zero-order valence-electron chi connectivity index (χ0n) is 26.1. The number of phenols is 1. The van der Waals surface area contributed by atoms with Crippen molar-refractivity contribution in [3.63, 3.8) is 0 Å². The van der Waals surface area contributed by atoms with Crippen LogP contribution in [0, 0.1) is 6.92 Å². The molecule has 12 heteroatoms. The number of carbonyl (C=O) groups excluding carboxylic acids is 3. The summed E-state index contributed by atoms with van der Waals surface area (Å²) in [5.41, 5.74) is 2.34. The first kappa shape index (κ1) is 34.0. The third-order valence-corrected chi connectivity index (χ3v) is 7.56. The van der Waals surface area contributed by atoms with E-state index in [4.69, 9.17) is 16.0 Å². The van der Waals surface area contributed by atoms with Crippen molar-refractivity contribution in [1.82, 2.24) is 20.4 Å². The molecule has 11 nitrogen and oxygen atoms in total. The standard InChI is InChI=1S/C27H31N5O6.C7H7Cl/c1-30(2)10-9-28-26(36)19-5-3-4-6-21(19)31-11-13-32(14-12-31)25(35)17-29-27(37)24-16-22(34)20-15-18(33)7-8-23(20)38-24;1-6-2-4-7(8)5-3-6/h3-8,15-16,33H,9-14,17H2,1-2H3,(H,28,36)(H,29,37);2-5H,1H3. The van der Waals surface area contributed by atoms with Gasteiger partial charge in [0, 0.05) is 56.0 Å². The van der Waals surface area contributed by atoms with E-state index >= 15 is 0 Å². The van der Waals surface area contributed by atoms with Crippen LogP contribution in [0.15, 0.2) is 82.0 Å². The second-order valence-corrected chi connectivity index (χ2v) is 11.5. The van der Waals surface area contributed by atoms with Gasteiger partial charge in [-0.2, -0.15) is 0 Å². The Labute approximate surface area is 272 Å². The number of benzene rings is 3. The molecule has 242 valence electrons. The van der Waals surface area contributed by atoms with Crippen LogP contribution in [-0.4, -0.2) is 92.5 Å². The second kappa shape index (κ2) is 15.9. The van der Waals surface area contributed by atoms with Gasteiger partial charge in [-0.15, -0.1) is 0 Å². The van der Waals surface area contributed by atoms with Gasteiger partial charge in [0.15, 0.2) is 11.2 Å². The molecule has 46 heavy (non-hydrogen) atoms. The number of aromatic hydroxyl groups is 1. The van der Waals surface area contributed by atoms with Gasteiger partial charge >= 0.3 is 0 Å². The molecule has 3 aromatic carbocycles. The number of anilines is 1. The number of nitrogens with zero attached hydrogens (tertiary/aromatic N) is 3. The molecule has 3 amide bonds. The van der Waals surface area contributed by atoms with Crippen molar-refractivity contribution in [2.75, 3.05) is 64.8 Å². The lowest BCUT2D eigenvalue weighted by Crippen LogP contribution is -2.51. The van der Waals surface area contributed by atoms with E-state index in [0.29, 0.717) is 38.3 Å². The lowest BCUT2D eigenvalue weighted by atomic mass is 10.1. The molecule has 0 aliphatic carbocycles. The molecule has 2 heterocycles. The fourth-order valence-electron chi connectivity index (χ4n) is 4.77. The Morgan fingerprint density at radius 1 is 0.913 bits per heavy atom. The number of nitrogens with one attached hydrogen (secondary N) is 2.